The quantitative estimate of drug-likeness (QED) is 0.654. The van der Waals surface area contributed by atoms with Crippen LogP contribution in [0.25, 0.3) is 0 Å². The summed E-state index contributed by atoms with van der Waals surface area (Å²) in [5, 5.41) is 3.74. The second-order valence-corrected chi connectivity index (χ2v) is 4.57. The van der Waals surface area contributed by atoms with E-state index in [0.29, 0.717) is 17.5 Å². The molecule has 1 heterocycles. The van der Waals surface area contributed by atoms with Gasteiger partial charge in [-0.25, -0.2) is 0 Å². The van der Waals surface area contributed by atoms with Crippen LogP contribution in [0.2, 0.25) is 0 Å². The minimum atomic E-state index is 0.643. The summed E-state index contributed by atoms with van der Waals surface area (Å²) in [5.41, 5.74) is 7.71. The number of nitrogen functional groups attached to an aromatic ring is 1. The monoisotopic (exact) mass is 235 g/mol. The summed E-state index contributed by atoms with van der Waals surface area (Å²) in [6.45, 7) is 3.87. The van der Waals surface area contributed by atoms with E-state index in [1.54, 1.807) is 11.8 Å². The van der Waals surface area contributed by atoms with Crippen molar-refractivity contribution in [2.45, 2.75) is 24.5 Å². The third-order valence-electron chi connectivity index (χ3n) is 2.13. The number of thioether (sulfide) groups is 1. The lowest BCUT2D eigenvalue weighted by Crippen LogP contribution is -1.88. The van der Waals surface area contributed by atoms with Crippen molar-refractivity contribution in [3.05, 3.63) is 35.5 Å². The molecule has 16 heavy (non-hydrogen) atoms. The molecule has 1 aromatic carbocycles. The first-order valence-electron chi connectivity index (χ1n) is 4.93. The van der Waals surface area contributed by atoms with Crippen LogP contribution in [0.4, 0.5) is 5.69 Å². The number of nitrogens with two attached hydrogens (primary N) is 1. The number of anilines is 1. The Morgan fingerprint density at radius 2 is 2.19 bits per heavy atom. The summed E-state index contributed by atoms with van der Waals surface area (Å²) < 4.78 is 5.04. The third kappa shape index (κ3) is 2.55. The fourth-order valence-corrected chi connectivity index (χ4v) is 2.22. The second-order valence-electron chi connectivity index (χ2n) is 3.55. The third-order valence-corrected chi connectivity index (χ3v) is 3.28. The first-order valence-corrected chi connectivity index (χ1v) is 5.92. The number of aryl methyl sites for hydroxylation is 2. The minimum absolute atomic E-state index is 0.643. The van der Waals surface area contributed by atoms with Crippen LogP contribution in [0.3, 0.4) is 0 Å². The van der Waals surface area contributed by atoms with E-state index in [-0.39, 0.29) is 0 Å². The fourth-order valence-electron chi connectivity index (χ4n) is 1.31. The average Bonchev–Trinajstić information content (AvgIpc) is 2.66. The van der Waals surface area contributed by atoms with Crippen LogP contribution in [0, 0.1) is 13.8 Å². The Morgan fingerprint density at radius 3 is 2.88 bits per heavy atom. The molecule has 2 aromatic rings. The van der Waals surface area contributed by atoms with Gasteiger partial charge in [-0.15, -0.1) is 11.8 Å². The van der Waals surface area contributed by atoms with Crippen molar-refractivity contribution < 1.29 is 4.52 Å². The molecule has 2 N–H and O–H groups in total. The molecular formula is C11H13N3OS. The highest BCUT2D eigenvalue weighted by molar-refractivity contribution is 7.98. The van der Waals surface area contributed by atoms with Gasteiger partial charge in [0.05, 0.1) is 5.75 Å². The highest BCUT2D eigenvalue weighted by atomic mass is 32.2. The number of nitrogens with zero attached hydrogens (tertiary/aromatic N) is 2. The van der Waals surface area contributed by atoms with E-state index in [2.05, 4.69) is 17.1 Å². The number of benzene rings is 1. The molecule has 5 heteroatoms. The van der Waals surface area contributed by atoms with Crippen LogP contribution >= 0.6 is 11.8 Å². The zero-order valence-electron chi connectivity index (χ0n) is 9.23. The zero-order chi connectivity index (χ0) is 11.5. The highest BCUT2D eigenvalue weighted by Gasteiger charge is 2.05. The Morgan fingerprint density at radius 1 is 1.38 bits per heavy atom. The van der Waals surface area contributed by atoms with E-state index in [4.69, 9.17) is 10.3 Å². The van der Waals surface area contributed by atoms with Gasteiger partial charge in [0.15, 0.2) is 5.82 Å². The van der Waals surface area contributed by atoms with Crippen molar-refractivity contribution in [1.29, 1.82) is 0 Å². The molecule has 0 bridgehead atoms. The van der Waals surface area contributed by atoms with Gasteiger partial charge in [0.25, 0.3) is 0 Å². The molecule has 0 fully saturated rings. The van der Waals surface area contributed by atoms with E-state index in [0.717, 1.165) is 10.6 Å². The molecule has 0 aliphatic heterocycles. The molecule has 4 nitrogen and oxygen atoms in total. The van der Waals surface area contributed by atoms with E-state index in [1.807, 2.05) is 25.1 Å². The summed E-state index contributed by atoms with van der Waals surface area (Å²) in [6.07, 6.45) is 0. The molecule has 0 amide bonds. The molecule has 2 rings (SSSR count). The van der Waals surface area contributed by atoms with Gasteiger partial charge in [0, 0.05) is 10.6 Å². The molecular weight excluding hydrogens is 222 g/mol. The van der Waals surface area contributed by atoms with E-state index in [9.17, 15) is 0 Å². The van der Waals surface area contributed by atoms with E-state index in [1.165, 1.54) is 5.56 Å². The van der Waals surface area contributed by atoms with Gasteiger partial charge in [0.2, 0.25) is 5.89 Å². The lowest BCUT2D eigenvalue weighted by atomic mass is 10.2. The van der Waals surface area contributed by atoms with Crippen LogP contribution in [0.1, 0.15) is 17.3 Å². The molecule has 0 radical (unpaired) electrons. The molecule has 0 aliphatic carbocycles. The standard InChI is InChI=1S/C11H13N3OS/c1-7-3-4-9(12)5-10(7)16-6-11-13-8(2)14-15-11/h3-5H,6,12H2,1-2H3. The predicted octanol–water partition coefficient (Wildman–Crippen LogP) is 2.56. The molecule has 0 spiro atoms. The number of hydrogen-bond donors (Lipinski definition) is 1. The first-order chi connectivity index (χ1) is 7.65. The van der Waals surface area contributed by atoms with Gasteiger partial charge in [0.1, 0.15) is 0 Å². The van der Waals surface area contributed by atoms with Gasteiger partial charge < -0.3 is 10.3 Å². The number of rotatable bonds is 3. The maximum atomic E-state index is 5.74. The van der Waals surface area contributed by atoms with Crippen molar-refractivity contribution in [1.82, 2.24) is 10.1 Å². The predicted molar refractivity (Wildman–Crippen MR) is 64.2 cm³/mol. The largest absolute Gasteiger partial charge is 0.399 e. The molecule has 84 valence electrons. The van der Waals surface area contributed by atoms with E-state index < -0.39 is 0 Å². The average molecular weight is 235 g/mol. The maximum absolute atomic E-state index is 5.74. The molecule has 0 saturated carbocycles. The van der Waals surface area contributed by atoms with Crippen molar-refractivity contribution in [2.24, 2.45) is 0 Å². The Labute approximate surface area is 98.2 Å². The fraction of sp³-hybridized carbons (Fsp3) is 0.273. The number of hydrogen-bond acceptors (Lipinski definition) is 5. The Bertz CT molecular complexity index is 496. The summed E-state index contributed by atoms with van der Waals surface area (Å²) in [6, 6.07) is 5.87. The lowest BCUT2D eigenvalue weighted by molar-refractivity contribution is 0.387. The summed E-state index contributed by atoms with van der Waals surface area (Å²) >= 11 is 1.65. The van der Waals surface area contributed by atoms with Crippen molar-refractivity contribution >= 4 is 17.4 Å². The topological polar surface area (TPSA) is 64.9 Å². The lowest BCUT2D eigenvalue weighted by Gasteiger charge is -2.04. The van der Waals surface area contributed by atoms with Crippen molar-refractivity contribution in [2.75, 3.05) is 5.73 Å². The van der Waals surface area contributed by atoms with Crippen LogP contribution in [0.15, 0.2) is 27.6 Å². The van der Waals surface area contributed by atoms with Crippen LogP contribution in [-0.4, -0.2) is 10.1 Å². The van der Waals surface area contributed by atoms with Crippen molar-refractivity contribution in [3.63, 3.8) is 0 Å². The zero-order valence-corrected chi connectivity index (χ0v) is 10.0. The summed E-state index contributed by atoms with van der Waals surface area (Å²) in [5.74, 6) is 1.98. The van der Waals surface area contributed by atoms with Gasteiger partial charge >= 0.3 is 0 Å². The Hall–Kier alpha value is -1.49. The highest BCUT2D eigenvalue weighted by Crippen LogP contribution is 2.27. The van der Waals surface area contributed by atoms with Crippen LogP contribution in [0.5, 0.6) is 0 Å². The second kappa shape index (κ2) is 4.57. The normalized spacial score (nSPS) is 10.6. The van der Waals surface area contributed by atoms with Crippen molar-refractivity contribution in [3.8, 4) is 0 Å². The Kier molecular flexibility index (Phi) is 3.14. The SMILES string of the molecule is Cc1noc(CSc2cc(N)ccc2C)n1. The molecule has 0 unspecified atom stereocenters. The van der Waals surface area contributed by atoms with Gasteiger partial charge in [-0.05, 0) is 31.5 Å². The Balaban J connectivity index is 2.07. The molecule has 0 aliphatic rings. The van der Waals surface area contributed by atoms with Crippen LogP contribution < -0.4 is 5.73 Å². The number of aromatic nitrogens is 2. The molecule has 1 aromatic heterocycles. The van der Waals surface area contributed by atoms with Gasteiger partial charge in [-0.2, -0.15) is 4.98 Å². The molecule has 0 atom stereocenters. The van der Waals surface area contributed by atoms with E-state index >= 15 is 0 Å². The summed E-state index contributed by atoms with van der Waals surface area (Å²) in [4.78, 5) is 5.30. The first kappa shape index (κ1) is 11.0. The summed E-state index contributed by atoms with van der Waals surface area (Å²) in [7, 11) is 0. The van der Waals surface area contributed by atoms with Crippen LogP contribution in [-0.2, 0) is 5.75 Å². The smallest absolute Gasteiger partial charge is 0.236 e. The maximum Gasteiger partial charge on any atom is 0.236 e. The molecule has 0 saturated heterocycles. The van der Waals surface area contributed by atoms with Gasteiger partial charge in [-0.3, -0.25) is 0 Å². The van der Waals surface area contributed by atoms with Gasteiger partial charge in [-0.1, -0.05) is 11.2 Å². The minimum Gasteiger partial charge on any atom is -0.399 e.